The van der Waals surface area contributed by atoms with Gasteiger partial charge in [-0.05, 0) is 80.5 Å². The van der Waals surface area contributed by atoms with E-state index in [1.165, 1.54) is 16.8 Å². The molecule has 13 nitrogen and oxygen atoms in total. The van der Waals surface area contributed by atoms with Gasteiger partial charge in [0, 0.05) is 56.0 Å². The smallest absolute Gasteiger partial charge is 0.291 e. The number of rotatable bonds is 8. The minimum atomic E-state index is -0.740. The second-order valence-corrected chi connectivity index (χ2v) is 13.1. The first-order chi connectivity index (χ1) is 25.2. The highest BCUT2D eigenvalue weighted by Crippen LogP contribution is 2.32. The van der Waals surface area contributed by atoms with Crippen molar-refractivity contribution >= 4 is 35.0 Å². The maximum Gasteiger partial charge on any atom is 0.291 e. The lowest BCUT2D eigenvalue weighted by Crippen LogP contribution is -2.52. The Balaban J connectivity index is 0.998. The van der Waals surface area contributed by atoms with E-state index in [9.17, 15) is 14.4 Å². The summed E-state index contributed by atoms with van der Waals surface area (Å²) in [6.07, 6.45) is 4.67. The Hall–Kier alpha value is -5.60. The van der Waals surface area contributed by atoms with Gasteiger partial charge in [-0.25, -0.2) is 9.97 Å². The minimum Gasteiger partial charge on any atom is -0.497 e. The Bertz CT molecular complexity index is 2120. The van der Waals surface area contributed by atoms with Crippen LogP contribution in [0.15, 0.2) is 67.0 Å². The molecule has 3 aromatic heterocycles. The summed E-state index contributed by atoms with van der Waals surface area (Å²) in [6, 6.07) is 15.3. The summed E-state index contributed by atoms with van der Waals surface area (Å²) >= 11 is 6.54. The Morgan fingerprint density at radius 1 is 0.942 bits per heavy atom. The van der Waals surface area contributed by atoms with Crippen molar-refractivity contribution in [3.05, 3.63) is 89.3 Å². The summed E-state index contributed by atoms with van der Waals surface area (Å²) in [6.45, 7) is 3.48. The first-order valence-corrected chi connectivity index (χ1v) is 17.4. The molecule has 2 aromatic carbocycles. The van der Waals surface area contributed by atoms with Crippen molar-refractivity contribution in [2.75, 3.05) is 51.7 Å². The van der Waals surface area contributed by atoms with Gasteiger partial charge in [0.05, 0.1) is 52.7 Å². The number of H-pyrrole nitrogens is 1. The standard InChI is InChI=1S/C37H37ClFN9O4/c1-46-31(27-9-10-30(44-33(27)39)28-20-42-45-32(28)22-3-6-25(52-2)7-4-22)21-41-34(46)35(49)43-24-5-8-26(29(38)19-24)37(51)48-17-15-47(16-18-48)36(50)23-11-13-40-14-12-23/h3-10,19-21,23,40H,11-18H2,1-2H3,(H,42,45)(H,43,49). The maximum absolute atomic E-state index is 15.5. The van der Waals surface area contributed by atoms with Crippen LogP contribution in [0.3, 0.4) is 0 Å². The van der Waals surface area contributed by atoms with E-state index in [1.54, 1.807) is 49.5 Å². The highest BCUT2D eigenvalue weighted by Gasteiger charge is 2.30. The lowest BCUT2D eigenvalue weighted by molar-refractivity contribution is -0.137. The number of nitrogens with one attached hydrogen (secondary N) is 3. The number of benzene rings is 2. The largest absolute Gasteiger partial charge is 0.497 e. The number of methoxy groups -OCH3 is 1. The topological polar surface area (TPSA) is 150 Å². The van der Waals surface area contributed by atoms with Gasteiger partial charge in [-0.3, -0.25) is 19.5 Å². The molecule has 2 aliphatic heterocycles. The predicted molar refractivity (Wildman–Crippen MR) is 193 cm³/mol. The molecule has 0 unspecified atom stereocenters. The zero-order valence-corrected chi connectivity index (χ0v) is 29.4. The number of carbonyl (C=O) groups excluding carboxylic acids is 3. The summed E-state index contributed by atoms with van der Waals surface area (Å²) < 4.78 is 22.3. The molecular weight excluding hydrogens is 689 g/mol. The molecule has 7 rings (SSSR count). The molecule has 15 heteroatoms. The third-order valence-corrected chi connectivity index (χ3v) is 9.95. The number of pyridine rings is 1. The first kappa shape index (κ1) is 34.8. The van der Waals surface area contributed by atoms with Crippen LogP contribution in [-0.2, 0) is 11.8 Å². The van der Waals surface area contributed by atoms with Crippen LogP contribution in [0.25, 0.3) is 33.8 Å². The number of piperazine rings is 1. The first-order valence-electron chi connectivity index (χ1n) is 17.0. The van der Waals surface area contributed by atoms with Crippen molar-refractivity contribution in [1.82, 2.24) is 39.8 Å². The van der Waals surface area contributed by atoms with E-state index in [4.69, 9.17) is 16.3 Å². The molecular formula is C37H37ClFN9O4. The zero-order valence-electron chi connectivity index (χ0n) is 28.7. The third-order valence-electron chi connectivity index (χ3n) is 9.63. The van der Waals surface area contributed by atoms with Crippen LogP contribution in [0.4, 0.5) is 10.1 Å². The Labute approximate surface area is 304 Å². The molecule has 0 bridgehead atoms. The van der Waals surface area contributed by atoms with E-state index in [0.717, 1.165) is 31.5 Å². The van der Waals surface area contributed by atoms with E-state index in [1.807, 2.05) is 29.2 Å². The molecule has 2 fully saturated rings. The molecule has 0 atom stereocenters. The summed E-state index contributed by atoms with van der Waals surface area (Å²) in [5.74, 6) is -0.588. The molecule has 0 aliphatic carbocycles. The van der Waals surface area contributed by atoms with Crippen LogP contribution in [0.5, 0.6) is 5.75 Å². The molecule has 0 spiro atoms. The fourth-order valence-electron chi connectivity index (χ4n) is 6.68. The number of nitrogens with zero attached hydrogens (tertiary/aromatic N) is 6. The van der Waals surface area contributed by atoms with Gasteiger partial charge in [-0.2, -0.15) is 9.49 Å². The molecule has 3 N–H and O–H groups in total. The average molecular weight is 726 g/mol. The van der Waals surface area contributed by atoms with Crippen LogP contribution in [-0.4, -0.2) is 98.6 Å². The van der Waals surface area contributed by atoms with Crippen LogP contribution in [0.2, 0.25) is 5.02 Å². The van der Waals surface area contributed by atoms with Crippen LogP contribution in [0.1, 0.15) is 33.8 Å². The van der Waals surface area contributed by atoms with E-state index >= 15 is 4.39 Å². The second kappa shape index (κ2) is 14.9. The van der Waals surface area contributed by atoms with Crippen molar-refractivity contribution in [2.24, 2.45) is 13.0 Å². The molecule has 0 saturated carbocycles. The summed E-state index contributed by atoms with van der Waals surface area (Å²) in [5, 5.41) is 13.3. The predicted octanol–water partition coefficient (Wildman–Crippen LogP) is 4.88. The highest BCUT2D eigenvalue weighted by molar-refractivity contribution is 6.34. The zero-order chi connectivity index (χ0) is 36.4. The van der Waals surface area contributed by atoms with Crippen molar-refractivity contribution in [3.8, 4) is 39.5 Å². The summed E-state index contributed by atoms with van der Waals surface area (Å²) in [5.41, 5.74) is 3.68. The SMILES string of the molecule is COc1ccc(-c2[nH]ncc2-c2ccc(-c3cnc(C(=O)Nc4ccc(C(=O)N5CCN(C(=O)C6CCNCC6)CC5)c(Cl)c4)n3C)c(F)n2)cc1. The number of ether oxygens (including phenoxy) is 1. The van der Waals surface area contributed by atoms with Crippen LogP contribution < -0.4 is 15.4 Å². The van der Waals surface area contributed by atoms with Crippen molar-refractivity contribution in [2.45, 2.75) is 12.8 Å². The number of amides is 3. The number of halogens is 2. The van der Waals surface area contributed by atoms with Crippen LogP contribution in [0, 0.1) is 11.9 Å². The van der Waals surface area contributed by atoms with E-state index in [-0.39, 0.29) is 34.1 Å². The summed E-state index contributed by atoms with van der Waals surface area (Å²) in [7, 11) is 3.20. The molecule has 268 valence electrons. The highest BCUT2D eigenvalue weighted by atomic mass is 35.5. The lowest BCUT2D eigenvalue weighted by atomic mass is 9.96. The van der Waals surface area contributed by atoms with E-state index in [0.29, 0.717) is 65.8 Å². The van der Waals surface area contributed by atoms with Gasteiger partial charge in [0.2, 0.25) is 11.9 Å². The number of hydrogen-bond donors (Lipinski definition) is 3. The molecule has 0 radical (unpaired) electrons. The number of carbonyl (C=O) groups is 3. The van der Waals surface area contributed by atoms with E-state index in [2.05, 4.69) is 30.8 Å². The van der Waals surface area contributed by atoms with Gasteiger partial charge in [0.1, 0.15) is 5.75 Å². The lowest BCUT2D eigenvalue weighted by Gasteiger charge is -2.37. The normalized spacial score (nSPS) is 15.1. The molecule has 52 heavy (non-hydrogen) atoms. The van der Waals surface area contributed by atoms with Crippen molar-refractivity contribution in [1.29, 1.82) is 0 Å². The minimum absolute atomic E-state index is 0.0308. The quantitative estimate of drug-likeness (QED) is 0.192. The molecule has 2 aliphatic rings. The number of anilines is 1. The fraction of sp³-hybridized carbons (Fsp3) is 0.297. The molecule has 5 heterocycles. The average Bonchev–Trinajstić information content (AvgIpc) is 3.82. The number of aromatic amines is 1. The second-order valence-electron chi connectivity index (χ2n) is 12.7. The van der Waals surface area contributed by atoms with Crippen molar-refractivity contribution in [3.63, 3.8) is 0 Å². The van der Waals surface area contributed by atoms with Gasteiger partial charge in [-0.15, -0.1) is 0 Å². The molecule has 5 aromatic rings. The number of aromatic nitrogens is 5. The van der Waals surface area contributed by atoms with Crippen molar-refractivity contribution < 1.29 is 23.5 Å². The number of imidazole rings is 1. The van der Waals surface area contributed by atoms with Crippen LogP contribution >= 0.6 is 11.6 Å². The molecule has 3 amide bonds. The fourth-order valence-corrected chi connectivity index (χ4v) is 6.95. The summed E-state index contributed by atoms with van der Waals surface area (Å²) in [4.78, 5) is 51.6. The number of piperidine rings is 1. The van der Waals surface area contributed by atoms with Gasteiger partial charge in [0.15, 0.2) is 5.82 Å². The number of hydrogen-bond acceptors (Lipinski definition) is 8. The third kappa shape index (κ3) is 6.99. The van der Waals surface area contributed by atoms with Gasteiger partial charge >= 0.3 is 0 Å². The molecule has 2 saturated heterocycles. The monoisotopic (exact) mass is 725 g/mol. The Kier molecular flexibility index (Phi) is 10.0. The van der Waals surface area contributed by atoms with E-state index < -0.39 is 11.9 Å². The van der Waals surface area contributed by atoms with Gasteiger partial charge in [-0.1, -0.05) is 11.6 Å². The maximum atomic E-state index is 15.5. The Morgan fingerprint density at radius 3 is 2.37 bits per heavy atom. The van der Waals surface area contributed by atoms with Gasteiger partial charge < -0.3 is 29.7 Å². The Morgan fingerprint density at radius 2 is 1.67 bits per heavy atom. The van der Waals surface area contributed by atoms with Gasteiger partial charge in [0.25, 0.3) is 11.8 Å².